The normalized spacial score (nSPS) is 11.2. The third kappa shape index (κ3) is 3.92. The SMILES string of the molecule is COc1ccc(Cl)cc1NC(=O)c1ccc(F)c(C(F)(F)F)c1. The highest BCUT2D eigenvalue weighted by Gasteiger charge is 2.34. The summed E-state index contributed by atoms with van der Waals surface area (Å²) in [5.41, 5.74) is -1.67. The fraction of sp³-hybridized carbons (Fsp3) is 0.133. The van der Waals surface area contributed by atoms with Crippen LogP contribution in [0.15, 0.2) is 36.4 Å². The lowest BCUT2D eigenvalue weighted by atomic mass is 10.1. The van der Waals surface area contributed by atoms with Gasteiger partial charge in [-0.25, -0.2) is 4.39 Å². The van der Waals surface area contributed by atoms with Gasteiger partial charge in [-0.05, 0) is 36.4 Å². The van der Waals surface area contributed by atoms with Gasteiger partial charge >= 0.3 is 6.18 Å². The molecule has 0 saturated heterocycles. The van der Waals surface area contributed by atoms with E-state index in [0.717, 1.165) is 6.07 Å². The number of nitrogens with one attached hydrogen (secondary N) is 1. The first-order chi connectivity index (χ1) is 10.7. The summed E-state index contributed by atoms with van der Waals surface area (Å²) in [6.45, 7) is 0. The summed E-state index contributed by atoms with van der Waals surface area (Å²) in [6, 6.07) is 6.39. The van der Waals surface area contributed by atoms with Gasteiger partial charge < -0.3 is 10.1 Å². The lowest BCUT2D eigenvalue weighted by molar-refractivity contribution is -0.140. The van der Waals surface area contributed by atoms with Crippen molar-refractivity contribution in [3.63, 3.8) is 0 Å². The number of carbonyl (C=O) groups is 1. The number of benzene rings is 2. The van der Waals surface area contributed by atoms with Crippen LogP contribution in [-0.4, -0.2) is 13.0 Å². The van der Waals surface area contributed by atoms with Crippen molar-refractivity contribution in [1.82, 2.24) is 0 Å². The second-order valence-electron chi connectivity index (χ2n) is 4.49. The van der Waals surface area contributed by atoms with Crippen molar-refractivity contribution in [3.05, 3.63) is 58.4 Å². The predicted octanol–water partition coefficient (Wildman–Crippen LogP) is 4.76. The molecule has 0 bridgehead atoms. The molecule has 0 saturated carbocycles. The van der Waals surface area contributed by atoms with Crippen LogP contribution >= 0.6 is 11.6 Å². The molecule has 23 heavy (non-hydrogen) atoms. The molecule has 1 amide bonds. The van der Waals surface area contributed by atoms with Crippen molar-refractivity contribution in [2.75, 3.05) is 12.4 Å². The van der Waals surface area contributed by atoms with E-state index in [0.29, 0.717) is 17.2 Å². The summed E-state index contributed by atoms with van der Waals surface area (Å²) in [5, 5.41) is 2.68. The van der Waals surface area contributed by atoms with Crippen molar-refractivity contribution >= 4 is 23.2 Å². The zero-order valence-electron chi connectivity index (χ0n) is 11.7. The molecule has 2 aromatic carbocycles. The number of carbonyl (C=O) groups excluding carboxylic acids is 1. The van der Waals surface area contributed by atoms with Gasteiger partial charge in [0, 0.05) is 10.6 Å². The number of halogens is 5. The molecule has 0 aliphatic carbocycles. The Morgan fingerprint density at radius 3 is 2.48 bits per heavy atom. The molecule has 0 radical (unpaired) electrons. The number of rotatable bonds is 3. The Kier molecular flexibility index (Phi) is 4.79. The van der Waals surface area contributed by atoms with Crippen LogP contribution in [0.1, 0.15) is 15.9 Å². The second kappa shape index (κ2) is 6.45. The Morgan fingerprint density at radius 2 is 1.87 bits per heavy atom. The van der Waals surface area contributed by atoms with Crippen molar-refractivity contribution in [2.24, 2.45) is 0 Å². The molecular formula is C15H10ClF4NO2. The highest BCUT2D eigenvalue weighted by molar-refractivity contribution is 6.31. The number of ether oxygens (including phenoxy) is 1. The van der Waals surface area contributed by atoms with E-state index in [2.05, 4.69) is 5.32 Å². The molecule has 2 aromatic rings. The fourth-order valence-electron chi connectivity index (χ4n) is 1.86. The van der Waals surface area contributed by atoms with E-state index >= 15 is 0 Å². The molecule has 0 aliphatic heterocycles. The van der Waals surface area contributed by atoms with Crippen LogP contribution in [0.2, 0.25) is 5.02 Å². The van der Waals surface area contributed by atoms with Gasteiger partial charge in [-0.15, -0.1) is 0 Å². The van der Waals surface area contributed by atoms with Gasteiger partial charge in [0.15, 0.2) is 0 Å². The molecule has 122 valence electrons. The van der Waals surface area contributed by atoms with Crippen LogP contribution in [0.3, 0.4) is 0 Å². The smallest absolute Gasteiger partial charge is 0.419 e. The third-order valence-corrected chi connectivity index (χ3v) is 3.18. The Balaban J connectivity index is 2.34. The van der Waals surface area contributed by atoms with Crippen LogP contribution in [0.4, 0.5) is 23.2 Å². The van der Waals surface area contributed by atoms with Crippen LogP contribution < -0.4 is 10.1 Å². The van der Waals surface area contributed by atoms with E-state index in [1.165, 1.54) is 25.3 Å². The van der Waals surface area contributed by atoms with E-state index in [4.69, 9.17) is 16.3 Å². The summed E-state index contributed by atoms with van der Waals surface area (Å²) in [7, 11) is 1.36. The van der Waals surface area contributed by atoms with E-state index in [9.17, 15) is 22.4 Å². The van der Waals surface area contributed by atoms with E-state index < -0.39 is 23.5 Å². The first-order valence-electron chi connectivity index (χ1n) is 6.24. The molecule has 0 aliphatic rings. The fourth-order valence-corrected chi connectivity index (χ4v) is 2.03. The number of hydrogen-bond acceptors (Lipinski definition) is 2. The van der Waals surface area contributed by atoms with Crippen molar-refractivity contribution in [2.45, 2.75) is 6.18 Å². The summed E-state index contributed by atoms with van der Waals surface area (Å²) in [4.78, 5) is 12.1. The number of hydrogen-bond donors (Lipinski definition) is 1. The molecule has 0 spiro atoms. The number of methoxy groups -OCH3 is 1. The van der Waals surface area contributed by atoms with Gasteiger partial charge in [-0.3, -0.25) is 4.79 Å². The molecule has 8 heteroatoms. The molecule has 0 fully saturated rings. The van der Waals surface area contributed by atoms with Gasteiger partial charge in [-0.1, -0.05) is 11.6 Å². The number of amides is 1. The topological polar surface area (TPSA) is 38.3 Å². The van der Waals surface area contributed by atoms with E-state index in [-0.39, 0.29) is 17.0 Å². The van der Waals surface area contributed by atoms with Gasteiger partial charge in [0.2, 0.25) is 0 Å². The Morgan fingerprint density at radius 1 is 1.17 bits per heavy atom. The van der Waals surface area contributed by atoms with Gasteiger partial charge in [0.05, 0.1) is 18.4 Å². The molecule has 0 atom stereocenters. The van der Waals surface area contributed by atoms with Crippen LogP contribution in [0, 0.1) is 5.82 Å². The minimum Gasteiger partial charge on any atom is -0.495 e. The Labute approximate surface area is 133 Å². The van der Waals surface area contributed by atoms with Gasteiger partial charge in [0.1, 0.15) is 11.6 Å². The van der Waals surface area contributed by atoms with Gasteiger partial charge in [-0.2, -0.15) is 13.2 Å². The van der Waals surface area contributed by atoms with Crippen molar-refractivity contribution < 1.29 is 27.1 Å². The highest BCUT2D eigenvalue weighted by atomic mass is 35.5. The minimum atomic E-state index is -4.89. The summed E-state index contributed by atoms with van der Waals surface area (Å²) in [6.07, 6.45) is -4.89. The number of anilines is 1. The summed E-state index contributed by atoms with van der Waals surface area (Å²) in [5.74, 6) is -2.02. The average Bonchev–Trinajstić information content (AvgIpc) is 2.46. The highest BCUT2D eigenvalue weighted by Crippen LogP contribution is 2.32. The molecule has 0 unspecified atom stereocenters. The molecular weight excluding hydrogens is 338 g/mol. The van der Waals surface area contributed by atoms with Crippen LogP contribution in [-0.2, 0) is 6.18 Å². The van der Waals surface area contributed by atoms with Crippen molar-refractivity contribution in [3.8, 4) is 5.75 Å². The molecule has 0 heterocycles. The predicted molar refractivity (Wildman–Crippen MR) is 77.4 cm³/mol. The Hall–Kier alpha value is -2.28. The molecule has 0 aromatic heterocycles. The zero-order chi connectivity index (χ0) is 17.2. The standard InChI is InChI=1S/C15H10ClF4NO2/c1-23-13-5-3-9(16)7-12(13)21-14(22)8-2-4-11(17)10(6-8)15(18,19)20/h2-7H,1H3,(H,21,22). The Bertz CT molecular complexity index is 747. The second-order valence-corrected chi connectivity index (χ2v) is 4.93. The lowest BCUT2D eigenvalue weighted by Gasteiger charge is -2.12. The maximum Gasteiger partial charge on any atom is 0.419 e. The first-order valence-corrected chi connectivity index (χ1v) is 6.62. The van der Waals surface area contributed by atoms with Crippen molar-refractivity contribution in [1.29, 1.82) is 0 Å². The minimum absolute atomic E-state index is 0.183. The zero-order valence-corrected chi connectivity index (χ0v) is 12.4. The first kappa shape index (κ1) is 17.1. The lowest BCUT2D eigenvalue weighted by Crippen LogP contribution is -2.15. The molecule has 3 nitrogen and oxygen atoms in total. The summed E-state index contributed by atoms with van der Waals surface area (Å²) < 4.78 is 56.3. The largest absolute Gasteiger partial charge is 0.495 e. The van der Waals surface area contributed by atoms with E-state index in [1.54, 1.807) is 0 Å². The van der Waals surface area contributed by atoms with Crippen LogP contribution in [0.25, 0.3) is 0 Å². The molecule has 1 N–H and O–H groups in total. The van der Waals surface area contributed by atoms with Gasteiger partial charge in [0.25, 0.3) is 5.91 Å². The van der Waals surface area contributed by atoms with Crippen LogP contribution in [0.5, 0.6) is 5.75 Å². The maximum atomic E-state index is 13.2. The monoisotopic (exact) mass is 347 g/mol. The maximum absolute atomic E-state index is 13.2. The quantitative estimate of drug-likeness (QED) is 0.813. The average molecular weight is 348 g/mol. The number of alkyl halides is 3. The molecule has 2 rings (SSSR count). The van der Waals surface area contributed by atoms with E-state index in [1.807, 2.05) is 0 Å². The summed E-state index contributed by atoms with van der Waals surface area (Å²) >= 11 is 5.80. The third-order valence-electron chi connectivity index (χ3n) is 2.94.